The van der Waals surface area contributed by atoms with Gasteiger partial charge in [0.1, 0.15) is 5.82 Å². The van der Waals surface area contributed by atoms with Gasteiger partial charge in [0.15, 0.2) is 0 Å². The molecule has 2 heterocycles. The van der Waals surface area contributed by atoms with Crippen LogP contribution in [0.15, 0.2) is 54.2 Å². The van der Waals surface area contributed by atoms with Crippen LogP contribution in [0.25, 0.3) is 0 Å². The molecule has 0 aliphatic carbocycles. The average molecular weight is 418 g/mol. The van der Waals surface area contributed by atoms with E-state index in [1.54, 1.807) is 61.4 Å². The van der Waals surface area contributed by atoms with E-state index in [-0.39, 0.29) is 17.5 Å². The van der Waals surface area contributed by atoms with Crippen molar-refractivity contribution in [2.75, 3.05) is 7.05 Å². The van der Waals surface area contributed by atoms with Crippen molar-refractivity contribution in [3.05, 3.63) is 71.8 Å². The highest BCUT2D eigenvalue weighted by Gasteiger charge is 2.27. The molecule has 2 aromatic heterocycles. The van der Waals surface area contributed by atoms with Crippen LogP contribution in [0.1, 0.15) is 30.8 Å². The topological polar surface area (TPSA) is 81.0 Å². The first-order valence-corrected chi connectivity index (χ1v) is 10.8. The molecule has 7 nitrogen and oxygen atoms in total. The van der Waals surface area contributed by atoms with Crippen LogP contribution in [0.2, 0.25) is 0 Å². The van der Waals surface area contributed by atoms with E-state index in [4.69, 9.17) is 0 Å². The van der Waals surface area contributed by atoms with Gasteiger partial charge in [-0.25, -0.2) is 17.8 Å². The van der Waals surface area contributed by atoms with Crippen molar-refractivity contribution in [2.24, 2.45) is 0 Å². The molecule has 3 rings (SSSR count). The molecule has 0 atom stereocenters. The molecule has 154 valence electrons. The first-order valence-electron chi connectivity index (χ1n) is 9.24. The zero-order valence-electron chi connectivity index (χ0n) is 16.7. The van der Waals surface area contributed by atoms with Gasteiger partial charge in [0.25, 0.3) is 0 Å². The molecular weight excluding hydrogens is 393 g/mol. The lowest BCUT2D eigenvalue weighted by atomic mass is 10.2. The van der Waals surface area contributed by atoms with E-state index in [9.17, 15) is 12.8 Å². The average Bonchev–Trinajstić information content (AvgIpc) is 3.07. The molecule has 0 aliphatic heterocycles. The molecule has 9 heteroatoms. The lowest BCUT2D eigenvalue weighted by Gasteiger charge is -2.19. The van der Waals surface area contributed by atoms with E-state index in [1.807, 2.05) is 11.9 Å². The Morgan fingerprint density at radius 1 is 1.10 bits per heavy atom. The predicted octanol–water partition coefficient (Wildman–Crippen LogP) is 2.67. The van der Waals surface area contributed by atoms with Crippen LogP contribution < -0.4 is 0 Å². The minimum absolute atomic E-state index is 0.0429. The summed E-state index contributed by atoms with van der Waals surface area (Å²) in [5, 5.41) is -0.673. The number of aromatic nitrogens is 4. The molecule has 0 aliphatic rings. The van der Waals surface area contributed by atoms with E-state index in [1.165, 1.54) is 6.07 Å². The van der Waals surface area contributed by atoms with Crippen LogP contribution >= 0.6 is 0 Å². The van der Waals surface area contributed by atoms with Crippen LogP contribution in [0.5, 0.6) is 0 Å². The Kier molecular flexibility index (Phi) is 6.39. The van der Waals surface area contributed by atoms with Crippen LogP contribution in [-0.4, -0.2) is 45.1 Å². The van der Waals surface area contributed by atoms with Crippen molar-refractivity contribution in [1.29, 1.82) is 0 Å². The predicted molar refractivity (Wildman–Crippen MR) is 107 cm³/mol. The number of sulfone groups is 1. The Bertz CT molecular complexity index is 1070. The van der Waals surface area contributed by atoms with Crippen molar-refractivity contribution < 1.29 is 12.8 Å². The lowest BCUT2D eigenvalue weighted by Crippen LogP contribution is -2.24. The Balaban J connectivity index is 1.94. The maximum atomic E-state index is 14.2. The highest BCUT2D eigenvalue weighted by atomic mass is 32.2. The fourth-order valence-electron chi connectivity index (χ4n) is 2.94. The Labute approximate surface area is 170 Å². The standard InChI is InChI=1S/C20H24FN5O2S/c1-15(2)29(27,28)20-24-11-18(14-25(3)13-17-10-22-8-9-23-17)26(20)12-16-6-4-5-7-19(16)21/h4-11,15H,12-14H2,1-3H3. The molecule has 3 aromatic rings. The van der Waals surface area contributed by atoms with Gasteiger partial charge in [-0.1, -0.05) is 18.2 Å². The molecule has 0 amide bonds. The monoisotopic (exact) mass is 417 g/mol. The Morgan fingerprint density at radius 2 is 1.86 bits per heavy atom. The quantitative estimate of drug-likeness (QED) is 0.561. The molecule has 0 saturated heterocycles. The Hall–Kier alpha value is -2.65. The van der Waals surface area contributed by atoms with Gasteiger partial charge in [0, 0.05) is 37.2 Å². The second-order valence-electron chi connectivity index (χ2n) is 7.17. The van der Waals surface area contributed by atoms with Gasteiger partial charge in [-0.05, 0) is 27.0 Å². The smallest absolute Gasteiger partial charge is 0.228 e. The van der Waals surface area contributed by atoms with Gasteiger partial charge in [-0.2, -0.15) is 0 Å². The van der Waals surface area contributed by atoms with Gasteiger partial charge in [0.05, 0.1) is 29.4 Å². The summed E-state index contributed by atoms with van der Waals surface area (Å²) in [6, 6.07) is 6.34. The fraction of sp³-hybridized carbons (Fsp3) is 0.350. The summed E-state index contributed by atoms with van der Waals surface area (Å²) in [5.74, 6) is -0.382. The molecule has 0 saturated carbocycles. The van der Waals surface area contributed by atoms with Crippen molar-refractivity contribution in [1.82, 2.24) is 24.4 Å². The molecule has 0 unspecified atom stereocenters. The molecule has 29 heavy (non-hydrogen) atoms. The molecule has 0 bridgehead atoms. The van der Waals surface area contributed by atoms with Crippen molar-refractivity contribution >= 4 is 9.84 Å². The van der Waals surface area contributed by atoms with Gasteiger partial charge >= 0.3 is 0 Å². The summed E-state index contributed by atoms with van der Waals surface area (Å²) in [5.41, 5.74) is 1.88. The van der Waals surface area contributed by atoms with Crippen LogP contribution in [0.3, 0.4) is 0 Å². The van der Waals surface area contributed by atoms with E-state index < -0.39 is 15.1 Å². The summed E-state index contributed by atoms with van der Waals surface area (Å²) in [4.78, 5) is 14.5. The van der Waals surface area contributed by atoms with Crippen LogP contribution in [0.4, 0.5) is 4.39 Å². The molecule has 0 radical (unpaired) electrons. The summed E-state index contributed by atoms with van der Waals surface area (Å²) < 4.78 is 41.4. The van der Waals surface area contributed by atoms with E-state index >= 15 is 0 Å². The van der Waals surface area contributed by atoms with Crippen LogP contribution in [-0.2, 0) is 29.5 Å². The molecule has 0 spiro atoms. The van der Waals surface area contributed by atoms with Crippen molar-refractivity contribution in [3.8, 4) is 0 Å². The number of imidazole rings is 1. The highest BCUT2D eigenvalue weighted by Crippen LogP contribution is 2.21. The summed E-state index contributed by atoms with van der Waals surface area (Å²) in [7, 11) is -1.73. The maximum absolute atomic E-state index is 14.2. The largest absolute Gasteiger partial charge is 0.313 e. The number of nitrogens with zero attached hydrogens (tertiary/aromatic N) is 5. The van der Waals surface area contributed by atoms with Gasteiger partial charge < -0.3 is 4.57 Å². The SMILES string of the molecule is CC(C)S(=O)(=O)c1ncc(CN(C)Cc2cnccn2)n1Cc1ccccc1F. The van der Waals surface area contributed by atoms with E-state index in [2.05, 4.69) is 15.0 Å². The third-order valence-corrected chi connectivity index (χ3v) is 6.62. The van der Waals surface area contributed by atoms with E-state index in [0.29, 0.717) is 24.3 Å². The molecular formula is C20H24FN5O2S. The van der Waals surface area contributed by atoms with Gasteiger partial charge in [-0.3, -0.25) is 14.9 Å². The normalized spacial score (nSPS) is 12.1. The molecule has 0 fully saturated rings. The third-order valence-electron chi connectivity index (χ3n) is 4.54. The lowest BCUT2D eigenvalue weighted by molar-refractivity contribution is 0.304. The first-order chi connectivity index (χ1) is 13.8. The molecule has 1 aromatic carbocycles. The zero-order chi connectivity index (χ0) is 21.0. The fourth-order valence-corrected chi connectivity index (χ4v) is 4.05. The number of benzene rings is 1. The second kappa shape index (κ2) is 8.79. The van der Waals surface area contributed by atoms with Crippen LogP contribution in [0, 0.1) is 5.82 Å². The second-order valence-corrected chi connectivity index (χ2v) is 9.57. The highest BCUT2D eigenvalue weighted by molar-refractivity contribution is 7.91. The zero-order valence-corrected chi connectivity index (χ0v) is 17.5. The minimum Gasteiger partial charge on any atom is -0.313 e. The summed E-state index contributed by atoms with van der Waals surface area (Å²) in [6.07, 6.45) is 6.46. The number of halogens is 1. The van der Waals surface area contributed by atoms with Crippen molar-refractivity contribution in [2.45, 2.75) is 43.9 Å². The maximum Gasteiger partial charge on any atom is 0.228 e. The van der Waals surface area contributed by atoms with Gasteiger partial charge in [0.2, 0.25) is 15.0 Å². The Morgan fingerprint density at radius 3 is 2.52 bits per heavy atom. The molecule has 0 N–H and O–H groups in total. The number of hydrogen-bond acceptors (Lipinski definition) is 6. The van der Waals surface area contributed by atoms with Crippen molar-refractivity contribution in [3.63, 3.8) is 0 Å². The summed E-state index contributed by atoms with van der Waals surface area (Å²) in [6.45, 7) is 4.26. The minimum atomic E-state index is -3.63. The first kappa shape index (κ1) is 21.1. The van der Waals surface area contributed by atoms with E-state index in [0.717, 1.165) is 5.69 Å². The summed E-state index contributed by atoms with van der Waals surface area (Å²) >= 11 is 0. The third kappa shape index (κ3) is 4.86. The number of rotatable bonds is 8. The number of hydrogen-bond donors (Lipinski definition) is 0. The van der Waals surface area contributed by atoms with Gasteiger partial charge in [-0.15, -0.1) is 0 Å².